The number of nitrogens with zero attached hydrogens (tertiary/aromatic N) is 2. The Kier molecular flexibility index (Phi) is 5.37. The molecule has 0 saturated carbocycles. The summed E-state index contributed by atoms with van der Waals surface area (Å²) in [7, 11) is 0. The molecule has 1 aromatic heterocycles. The van der Waals surface area contributed by atoms with Gasteiger partial charge in [-0.05, 0) is 37.0 Å². The molecule has 0 unspecified atom stereocenters. The highest BCUT2D eigenvalue weighted by molar-refractivity contribution is 5.93. The average molecular weight is 310 g/mol. The number of amides is 1. The van der Waals surface area contributed by atoms with Crippen LogP contribution in [0.3, 0.4) is 0 Å². The van der Waals surface area contributed by atoms with Gasteiger partial charge in [-0.2, -0.15) is 0 Å². The summed E-state index contributed by atoms with van der Waals surface area (Å²) >= 11 is 0. The fourth-order valence-corrected chi connectivity index (χ4v) is 2.90. The maximum Gasteiger partial charge on any atom is 0.227 e. The van der Waals surface area contributed by atoms with Gasteiger partial charge in [0, 0.05) is 31.1 Å². The maximum atomic E-state index is 12.8. The zero-order chi connectivity index (χ0) is 15.9. The summed E-state index contributed by atoms with van der Waals surface area (Å²) in [4.78, 5) is 18.6. The second-order valence-corrected chi connectivity index (χ2v) is 5.84. The van der Waals surface area contributed by atoms with Crippen LogP contribution in [0.25, 0.3) is 0 Å². The zero-order valence-electron chi connectivity index (χ0n) is 13.2. The van der Waals surface area contributed by atoms with Crippen molar-refractivity contribution in [1.29, 1.82) is 0 Å². The fourth-order valence-electron chi connectivity index (χ4n) is 2.90. The molecule has 2 aromatic rings. The molecule has 0 N–H and O–H groups in total. The number of aromatic nitrogens is 1. The van der Waals surface area contributed by atoms with Crippen molar-refractivity contribution >= 4 is 11.6 Å². The third-order valence-corrected chi connectivity index (χ3v) is 4.16. The van der Waals surface area contributed by atoms with Crippen LogP contribution in [-0.2, 0) is 16.1 Å². The van der Waals surface area contributed by atoms with E-state index in [1.165, 1.54) is 0 Å². The summed E-state index contributed by atoms with van der Waals surface area (Å²) in [5.74, 6) is 0.135. The van der Waals surface area contributed by atoms with Gasteiger partial charge in [0.2, 0.25) is 5.91 Å². The molecule has 1 amide bonds. The molecule has 3 rings (SSSR count). The lowest BCUT2D eigenvalue weighted by Crippen LogP contribution is -2.31. The molecular weight excluding hydrogens is 288 g/mol. The standard InChI is InChI=1S/C19H22N2O2/c22-19(9-8-18-7-4-14-23-18)21(17-10-12-20-13-11-17)15-16-5-2-1-3-6-16/h1-3,5-6,10-13,18H,4,7-9,14-15H2/t18-/m1/s1. The number of pyridine rings is 1. The van der Waals surface area contributed by atoms with E-state index in [0.29, 0.717) is 13.0 Å². The highest BCUT2D eigenvalue weighted by Crippen LogP contribution is 2.21. The Morgan fingerprint density at radius 3 is 2.65 bits per heavy atom. The molecule has 1 saturated heterocycles. The average Bonchev–Trinajstić information content (AvgIpc) is 3.13. The van der Waals surface area contributed by atoms with Crippen LogP contribution in [0.5, 0.6) is 0 Å². The Bertz CT molecular complexity index is 610. The molecule has 0 spiro atoms. The van der Waals surface area contributed by atoms with Gasteiger partial charge in [0.1, 0.15) is 0 Å². The Balaban J connectivity index is 1.70. The number of rotatable bonds is 6. The van der Waals surface area contributed by atoms with Crippen molar-refractivity contribution in [3.05, 3.63) is 60.4 Å². The zero-order valence-corrected chi connectivity index (χ0v) is 13.2. The van der Waals surface area contributed by atoms with Crippen LogP contribution >= 0.6 is 0 Å². The molecule has 23 heavy (non-hydrogen) atoms. The normalized spacial score (nSPS) is 17.1. The molecule has 1 aliphatic rings. The predicted molar refractivity (Wildman–Crippen MR) is 90.1 cm³/mol. The Morgan fingerprint density at radius 2 is 1.96 bits per heavy atom. The van der Waals surface area contributed by atoms with Crippen molar-refractivity contribution in [3.63, 3.8) is 0 Å². The van der Waals surface area contributed by atoms with Crippen LogP contribution < -0.4 is 4.90 Å². The van der Waals surface area contributed by atoms with E-state index in [2.05, 4.69) is 4.98 Å². The summed E-state index contributed by atoms with van der Waals surface area (Å²) in [6, 6.07) is 13.8. The molecule has 1 aliphatic heterocycles. The molecule has 4 nitrogen and oxygen atoms in total. The predicted octanol–water partition coefficient (Wildman–Crippen LogP) is 3.57. The van der Waals surface area contributed by atoms with E-state index in [4.69, 9.17) is 4.74 Å². The van der Waals surface area contributed by atoms with Gasteiger partial charge < -0.3 is 9.64 Å². The second-order valence-electron chi connectivity index (χ2n) is 5.84. The smallest absolute Gasteiger partial charge is 0.227 e. The van der Waals surface area contributed by atoms with Crippen molar-refractivity contribution in [2.45, 2.75) is 38.3 Å². The first-order valence-corrected chi connectivity index (χ1v) is 8.19. The second kappa shape index (κ2) is 7.88. The van der Waals surface area contributed by atoms with Crippen LogP contribution in [0.4, 0.5) is 5.69 Å². The van der Waals surface area contributed by atoms with Gasteiger partial charge in [0.25, 0.3) is 0 Å². The quantitative estimate of drug-likeness (QED) is 0.819. The molecule has 1 fully saturated rings. The van der Waals surface area contributed by atoms with Gasteiger partial charge >= 0.3 is 0 Å². The van der Waals surface area contributed by atoms with Crippen molar-refractivity contribution < 1.29 is 9.53 Å². The fraction of sp³-hybridized carbons (Fsp3) is 0.368. The van der Waals surface area contributed by atoms with E-state index in [-0.39, 0.29) is 12.0 Å². The first kappa shape index (κ1) is 15.7. The molecule has 120 valence electrons. The molecule has 2 heterocycles. The van der Waals surface area contributed by atoms with Crippen molar-refractivity contribution in [2.24, 2.45) is 0 Å². The molecule has 1 aromatic carbocycles. The lowest BCUT2D eigenvalue weighted by atomic mass is 10.1. The Labute approximate surface area is 137 Å². The Morgan fingerprint density at radius 1 is 1.17 bits per heavy atom. The van der Waals surface area contributed by atoms with E-state index in [0.717, 1.165) is 37.1 Å². The number of carbonyl (C=O) groups excluding carboxylic acids is 1. The van der Waals surface area contributed by atoms with E-state index < -0.39 is 0 Å². The largest absolute Gasteiger partial charge is 0.378 e. The van der Waals surface area contributed by atoms with Crippen molar-refractivity contribution in [1.82, 2.24) is 4.98 Å². The molecule has 1 atom stereocenters. The van der Waals surface area contributed by atoms with Gasteiger partial charge in [0.15, 0.2) is 0 Å². The number of anilines is 1. The first-order chi connectivity index (χ1) is 11.3. The maximum absolute atomic E-state index is 12.8. The van der Waals surface area contributed by atoms with Crippen LogP contribution in [0.2, 0.25) is 0 Å². The third-order valence-electron chi connectivity index (χ3n) is 4.16. The highest BCUT2D eigenvalue weighted by Gasteiger charge is 2.20. The minimum atomic E-state index is 0.135. The number of hydrogen-bond donors (Lipinski definition) is 0. The summed E-state index contributed by atoms with van der Waals surface area (Å²) in [5.41, 5.74) is 2.01. The third kappa shape index (κ3) is 4.39. The van der Waals surface area contributed by atoms with Crippen molar-refractivity contribution in [2.75, 3.05) is 11.5 Å². The van der Waals surface area contributed by atoms with Crippen LogP contribution in [0.1, 0.15) is 31.2 Å². The van der Waals surface area contributed by atoms with E-state index in [9.17, 15) is 4.79 Å². The van der Waals surface area contributed by atoms with Crippen LogP contribution in [0, 0.1) is 0 Å². The number of carbonyl (C=O) groups is 1. The summed E-state index contributed by atoms with van der Waals surface area (Å²) in [6.45, 7) is 1.41. The number of benzene rings is 1. The summed E-state index contributed by atoms with van der Waals surface area (Å²) < 4.78 is 5.63. The van der Waals surface area contributed by atoms with E-state index in [1.807, 2.05) is 47.4 Å². The lowest BCUT2D eigenvalue weighted by Gasteiger charge is -2.23. The molecular formula is C19H22N2O2. The lowest BCUT2D eigenvalue weighted by molar-refractivity contribution is -0.119. The Hall–Kier alpha value is -2.20. The summed E-state index contributed by atoms with van der Waals surface area (Å²) in [6.07, 6.45) is 7.18. The van der Waals surface area contributed by atoms with E-state index >= 15 is 0 Å². The molecule has 4 heteroatoms. The van der Waals surface area contributed by atoms with Gasteiger partial charge in [-0.3, -0.25) is 9.78 Å². The SMILES string of the molecule is O=C(CC[C@H]1CCCO1)N(Cc1ccccc1)c1ccncc1. The minimum Gasteiger partial charge on any atom is -0.378 e. The number of hydrogen-bond acceptors (Lipinski definition) is 3. The van der Waals surface area contributed by atoms with Gasteiger partial charge in [-0.15, -0.1) is 0 Å². The van der Waals surface area contributed by atoms with Gasteiger partial charge in [0.05, 0.1) is 12.6 Å². The first-order valence-electron chi connectivity index (χ1n) is 8.19. The topological polar surface area (TPSA) is 42.4 Å². The molecule has 0 bridgehead atoms. The van der Waals surface area contributed by atoms with Crippen LogP contribution in [-0.4, -0.2) is 23.6 Å². The minimum absolute atomic E-state index is 0.135. The van der Waals surface area contributed by atoms with Crippen molar-refractivity contribution in [3.8, 4) is 0 Å². The van der Waals surface area contributed by atoms with Gasteiger partial charge in [-0.1, -0.05) is 30.3 Å². The summed E-state index contributed by atoms with van der Waals surface area (Å²) in [5, 5.41) is 0. The molecule has 0 aliphatic carbocycles. The molecule has 0 radical (unpaired) electrons. The van der Waals surface area contributed by atoms with Gasteiger partial charge in [-0.25, -0.2) is 0 Å². The number of ether oxygens (including phenoxy) is 1. The monoisotopic (exact) mass is 310 g/mol. The highest BCUT2D eigenvalue weighted by atomic mass is 16.5. The van der Waals surface area contributed by atoms with Crippen LogP contribution in [0.15, 0.2) is 54.9 Å². The van der Waals surface area contributed by atoms with E-state index in [1.54, 1.807) is 12.4 Å².